The number of aromatic hydroxyl groups is 1. The molecule has 2 N–H and O–H groups in total. The Labute approximate surface area is 94.8 Å². The Morgan fingerprint density at radius 1 is 1.35 bits per heavy atom. The van der Waals surface area contributed by atoms with Gasteiger partial charge in [0.1, 0.15) is 5.82 Å². The Hall–Kier alpha value is -2.37. The van der Waals surface area contributed by atoms with Crippen molar-refractivity contribution in [2.75, 3.05) is 0 Å². The third-order valence-electron chi connectivity index (χ3n) is 2.38. The number of benzene rings is 1. The summed E-state index contributed by atoms with van der Waals surface area (Å²) in [6, 6.07) is 5.14. The monoisotopic (exact) mass is 236 g/mol. The summed E-state index contributed by atoms with van der Waals surface area (Å²) >= 11 is 0. The van der Waals surface area contributed by atoms with Crippen LogP contribution in [0, 0.1) is 12.7 Å². The van der Waals surface area contributed by atoms with Gasteiger partial charge in [0.25, 0.3) is 5.56 Å². The maximum atomic E-state index is 13.0. The maximum absolute atomic E-state index is 13.0. The molecule has 0 saturated carbocycles. The Kier molecular flexibility index (Phi) is 2.55. The fourth-order valence-corrected chi connectivity index (χ4v) is 1.47. The van der Waals surface area contributed by atoms with E-state index in [1.165, 1.54) is 25.1 Å². The SMILES string of the molecule is Cc1c(O)n(-c2cccc(F)c2)c(=O)[nH]c1=O. The zero-order chi connectivity index (χ0) is 12.6. The highest BCUT2D eigenvalue weighted by Gasteiger charge is 2.11. The van der Waals surface area contributed by atoms with Crippen LogP contribution in [0.25, 0.3) is 5.69 Å². The van der Waals surface area contributed by atoms with Crippen LogP contribution in [0.2, 0.25) is 0 Å². The predicted octanol–water partition coefficient (Wildman–Crippen LogP) is 0.679. The average molecular weight is 236 g/mol. The van der Waals surface area contributed by atoms with E-state index in [4.69, 9.17) is 0 Å². The highest BCUT2D eigenvalue weighted by molar-refractivity contribution is 5.37. The maximum Gasteiger partial charge on any atom is 0.335 e. The zero-order valence-electron chi connectivity index (χ0n) is 8.90. The number of aromatic amines is 1. The summed E-state index contributed by atoms with van der Waals surface area (Å²) < 4.78 is 13.9. The number of nitrogens with zero attached hydrogens (tertiary/aromatic N) is 1. The summed E-state index contributed by atoms with van der Waals surface area (Å²) in [4.78, 5) is 24.8. The Bertz CT molecular complexity index is 688. The molecular weight excluding hydrogens is 227 g/mol. The molecule has 2 aromatic rings. The molecule has 0 aliphatic heterocycles. The molecule has 88 valence electrons. The highest BCUT2D eigenvalue weighted by atomic mass is 19.1. The van der Waals surface area contributed by atoms with Crippen LogP contribution in [0.3, 0.4) is 0 Å². The molecule has 5 nitrogen and oxygen atoms in total. The van der Waals surface area contributed by atoms with E-state index in [9.17, 15) is 19.1 Å². The van der Waals surface area contributed by atoms with Gasteiger partial charge in [-0.15, -0.1) is 0 Å². The molecule has 0 unspecified atom stereocenters. The van der Waals surface area contributed by atoms with Gasteiger partial charge >= 0.3 is 5.69 Å². The first-order chi connectivity index (χ1) is 8.00. The summed E-state index contributed by atoms with van der Waals surface area (Å²) in [7, 11) is 0. The van der Waals surface area contributed by atoms with Crippen molar-refractivity contribution < 1.29 is 9.50 Å². The van der Waals surface area contributed by atoms with Gasteiger partial charge in [-0.25, -0.2) is 13.8 Å². The van der Waals surface area contributed by atoms with Gasteiger partial charge in [-0.3, -0.25) is 9.78 Å². The number of hydrogen-bond acceptors (Lipinski definition) is 3. The lowest BCUT2D eigenvalue weighted by atomic mass is 10.3. The van der Waals surface area contributed by atoms with Crippen molar-refractivity contribution in [3.05, 3.63) is 56.5 Å². The quantitative estimate of drug-likeness (QED) is 0.764. The van der Waals surface area contributed by atoms with E-state index >= 15 is 0 Å². The summed E-state index contributed by atoms with van der Waals surface area (Å²) in [5.41, 5.74) is -1.34. The average Bonchev–Trinajstić information content (AvgIpc) is 2.26. The normalized spacial score (nSPS) is 10.5. The minimum absolute atomic E-state index is 0.00568. The van der Waals surface area contributed by atoms with E-state index in [2.05, 4.69) is 0 Å². The van der Waals surface area contributed by atoms with Gasteiger partial charge in [0, 0.05) is 0 Å². The Morgan fingerprint density at radius 2 is 2.06 bits per heavy atom. The van der Waals surface area contributed by atoms with Crippen LogP contribution in [0.1, 0.15) is 5.56 Å². The zero-order valence-corrected chi connectivity index (χ0v) is 8.90. The van der Waals surface area contributed by atoms with Crippen LogP contribution in [-0.2, 0) is 0 Å². The molecule has 0 atom stereocenters. The van der Waals surface area contributed by atoms with Gasteiger partial charge in [-0.2, -0.15) is 0 Å². The summed E-state index contributed by atoms with van der Waals surface area (Å²) in [5, 5.41) is 9.72. The van der Waals surface area contributed by atoms with E-state index < -0.39 is 22.9 Å². The molecule has 6 heteroatoms. The standard InChI is InChI=1S/C11H9FN2O3/c1-6-9(15)13-11(17)14(10(6)16)8-4-2-3-7(12)5-8/h2-5,16H,1H3,(H,13,15,17). The largest absolute Gasteiger partial charge is 0.494 e. The summed E-state index contributed by atoms with van der Waals surface area (Å²) in [6.07, 6.45) is 0. The van der Waals surface area contributed by atoms with Crippen molar-refractivity contribution in [2.24, 2.45) is 0 Å². The number of aromatic nitrogens is 2. The van der Waals surface area contributed by atoms with Crippen LogP contribution >= 0.6 is 0 Å². The van der Waals surface area contributed by atoms with Crippen molar-refractivity contribution in [1.82, 2.24) is 9.55 Å². The van der Waals surface area contributed by atoms with Gasteiger partial charge in [0.05, 0.1) is 11.3 Å². The van der Waals surface area contributed by atoms with Crippen LogP contribution in [0.4, 0.5) is 4.39 Å². The molecule has 0 aliphatic rings. The van der Waals surface area contributed by atoms with E-state index in [-0.39, 0.29) is 11.3 Å². The molecule has 0 saturated heterocycles. The molecule has 1 aromatic heterocycles. The highest BCUT2D eigenvalue weighted by Crippen LogP contribution is 2.15. The van der Waals surface area contributed by atoms with Crippen LogP contribution < -0.4 is 11.2 Å². The Morgan fingerprint density at radius 3 is 2.71 bits per heavy atom. The number of hydrogen-bond donors (Lipinski definition) is 2. The van der Waals surface area contributed by atoms with E-state index in [1.807, 2.05) is 4.98 Å². The number of halogens is 1. The van der Waals surface area contributed by atoms with Gasteiger partial charge in [-0.1, -0.05) is 6.07 Å². The molecule has 0 spiro atoms. The smallest absolute Gasteiger partial charge is 0.335 e. The number of H-pyrrole nitrogens is 1. The third-order valence-corrected chi connectivity index (χ3v) is 2.38. The van der Waals surface area contributed by atoms with Gasteiger partial charge < -0.3 is 5.11 Å². The number of rotatable bonds is 1. The molecule has 1 heterocycles. The van der Waals surface area contributed by atoms with Crippen molar-refractivity contribution in [3.8, 4) is 11.6 Å². The predicted molar refractivity (Wildman–Crippen MR) is 59.0 cm³/mol. The molecule has 0 fully saturated rings. The van der Waals surface area contributed by atoms with E-state index in [0.29, 0.717) is 0 Å². The van der Waals surface area contributed by atoms with Gasteiger partial charge in [0.2, 0.25) is 5.88 Å². The van der Waals surface area contributed by atoms with Crippen molar-refractivity contribution in [2.45, 2.75) is 6.92 Å². The summed E-state index contributed by atoms with van der Waals surface area (Å²) in [6.45, 7) is 1.36. The molecule has 0 radical (unpaired) electrons. The first-order valence-corrected chi connectivity index (χ1v) is 4.81. The van der Waals surface area contributed by atoms with Crippen molar-refractivity contribution in [3.63, 3.8) is 0 Å². The Balaban J connectivity index is 2.81. The van der Waals surface area contributed by atoms with Crippen molar-refractivity contribution in [1.29, 1.82) is 0 Å². The molecular formula is C11H9FN2O3. The molecule has 0 aliphatic carbocycles. The topological polar surface area (TPSA) is 75.1 Å². The second-order valence-corrected chi connectivity index (χ2v) is 3.52. The number of nitrogens with one attached hydrogen (secondary N) is 1. The first kappa shape index (κ1) is 11.1. The fourth-order valence-electron chi connectivity index (χ4n) is 1.47. The van der Waals surface area contributed by atoms with Crippen LogP contribution in [-0.4, -0.2) is 14.7 Å². The lowest BCUT2D eigenvalue weighted by molar-refractivity contribution is 0.426. The minimum Gasteiger partial charge on any atom is -0.494 e. The van der Waals surface area contributed by atoms with E-state index in [1.54, 1.807) is 0 Å². The van der Waals surface area contributed by atoms with E-state index in [0.717, 1.165) is 10.6 Å². The minimum atomic E-state index is -0.816. The lowest BCUT2D eigenvalue weighted by Gasteiger charge is -2.09. The third kappa shape index (κ3) is 1.84. The molecule has 1 aromatic carbocycles. The van der Waals surface area contributed by atoms with Gasteiger partial charge in [-0.05, 0) is 25.1 Å². The summed E-state index contributed by atoms with van der Waals surface area (Å²) in [5.74, 6) is -1.04. The van der Waals surface area contributed by atoms with Crippen LogP contribution in [0.15, 0.2) is 33.9 Å². The second kappa shape index (κ2) is 3.89. The molecule has 2 rings (SSSR count). The first-order valence-electron chi connectivity index (χ1n) is 4.81. The van der Waals surface area contributed by atoms with Crippen LogP contribution in [0.5, 0.6) is 5.88 Å². The lowest BCUT2D eigenvalue weighted by Crippen LogP contribution is -2.30. The molecule has 17 heavy (non-hydrogen) atoms. The molecule has 0 amide bonds. The van der Waals surface area contributed by atoms with Gasteiger partial charge in [0.15, 0.2) is 0 Å². The fraction of sp³-hybridized carbons (Fsp3) is 0.0909. The second-order valence-electron chi connectivity index (χ2n) is 3.52. The van der Waals surface area contributed by atoms with Crippen molar-refractivity contribution >= 4 is 0 Å². The molecule has 0 bridgehead atoms.